The monoisotopic (exact) mass is 391 g/mol. The molecule has 0 saturated carbocycles. The van der Waals surface area contributed by atoms with E-state index < -0.39 is 11.7 Å². The summed E-state index contributed by atoms with van der Waals surface area (Å²) in [5, 5.41) is 7.13. The third-order valence-corrected chi connectivity index (χ3v) is 4.73. The summed E-state index contributed by atoms with van der Waals surface area (Å²) in [6.07, 6.45) is -4.14. The van der Waals surface area contributed by atoms with Crippen LogP contribution in [0.5, 0.6) is 0 Å². The largest absolute Gasteiger partial charge is 0.417 e. The molecule has 8 heteroatoms. The van der Waals surface area contributed by atoms with Gasteiger partial charge in [0.1, 0.15) is 0 Å². The highest BCUT2D eigenvalue weighted by molar-refractivity contribution is 7.07. The number of alkyl halides is 3. The zero-order chi connectivity index (χ0) is 19.6. The van der Waals surface area contributed by atoms with Gasteiger partial charge in [-0.25, -0.2) is 4.98 Å². The van der Waals surface area contributed by atoms with Crippen LogP contribution in [0.4, 0.5) is 30.2 Å². The van der Waals surface area contributed by atoms with E-state index in [0.717, 1.165) is 17.2 Å². The molecule has 0 saturated heterocycles. The average molecular weight is 391 g/mol. The van der Waals surface area contributed by atoms with Gasteiger partial charge in [-0.3, -0.25) is 4.79 Å². The van der Waals surface area contributed by atoms with E-state index in [4.69, 9.17) is 0 Å². The maximum absolute atomic E-state index is 13.7. The molecule has 0 unspecified atom stereocenters. The lowest BCUT2D eigenvalue weighted by Gasteiger charge is -2.22. The lowest BCUT2D eigenvalue weighted by atomic mass is 9.99. The summed E-state index contributed by atoms with van der Waals surface area (Å²) < 4.78 is 41.1. The number of para-hydroxylation sites is 1. The number of benzene rings is 2. The minimum Gasteiger partial charge on any atom is -0.353 e. The van der Waals surface area contributed by atoms with Crippen LogP contribution in [0, 0.1) is 13.8 Å². The second-order valence-electron chi connectivity index (χ2n) is 5.94. The van der Waals surface area contributed by atoms with Crippen molar-refractivity contribution in [3.8, 4) is 11.3 Å². The molecule has 0 fully saturated rings. The fourth-order valence-corrected chi connectivity index (χ4v) is 3.43. The van der Waals surface area contributed by atoms with Crippen LogP contribution in [0.1, 0.15) is 16.7 Å². The second-order valence-corrected chi connectivity index (χ2v) is 6.65. The fourth-order valence-electron chi connectivity index (χ4n) is 2.89. The van der Waals surface area contributed by atoms with E-state index in [1.807, 2.05) is 32.0 Å². The number of nitrogens with zero attached hydrogens (tertiary/aromatic N) is 1. The van der Waals surface area contributed by atoms with E-state index in [1.165, 1.54) is 22.9 Å². The van der Waals surface area contributed by atoms with Crippen LogP contribution < -0.4 is 10.6 Å². The normalized spacial score (nSPS) is 11.3. The summed E-state index contributed by atoms with van der Waals surface area (Å²) in [6, 6.07) is 7.78. The molecule has 0 aliphatic rings. The molecule has 4 nitrogen and oxygen atoms in total. The maximum atomic E-state index is 13.7. The van der Waals surface area contributed by atoms with Crippen molar-refractivity contribution in [1.29, 1.82) is 0 Å². The first-order valence-corrected chi connectivity index (χ1v) is 8.93. The van der Waals surface area contributed by atoms with Crippen molar-refractivity contribution in [3.05, 3.63) is 57.9 Å². The Morgan fingerprint density at radius 3 is 2.33 bits per heavy atom. The van der Waals surface area contributed by atoms with Crippen LogP contribution in [-0.4, -0.2) is 11.4 Å². The molecular weight excluding hydrogens is 375 g/mol. The molecule has 2 N–H and O–H groups in total. The van der Waals surface area contributed by atoms with Crippen molar-refractivity contribution in [2.75, 3.05) is 10.6 Å². The highest BCUT2D eigenvalue weighted by Crippen LogP contribution is 2.45. The molecule has 140 valence electrons. The summed E-state index contributed by atoms with van der Waals surface area (Å²) in [5.74, 6) is 0. The third-order valence-electron chi connectivity index (χ3n) is 4.14. The van der Waals surface area contributed by atoms with Crippen molar-refractivity contribution < 1.29 is 18.0 Å². The number of aromatic nitrogens is 1. The lowest BCUT2D eigenvalue weighted by molar-refractivity contribution is -0.137. The Morgan fingerprint density at radius 1 is 1.07 bits per heavy atom. The number of anilines is 3. The van der Waals surface area contributed by atoms with Gasteiger partial charge in [0, 0.05) is 16.6 Å². The first-order chi connectivity index (χ1) is 12.8. The van der Waals surface area contributed by atoms with E-state index >= 15 is 0 Å². The summed E-state index contributed by atoms with van der Waals surface area (Å²) in [7, 11) is 0. The summed E-state index contributed by atoms with van der Waals surface area (Å²) >= 11 is 1.20. The van der Waals surface area contributed by atoms with Gasteiger partial charge in [-0.1, -0.05) is 18.2 Å². The molecule has 2 aromatic carbocycles. The number of hydrogen-bond donors (Lipinski definition) is 2. The SMILES string of the molecule is Cc1cccc(C)c1Nc1c(NC=O)ccc(C(F)(F)F)c1-c1cscn1. The van der Waals surface area contributed by atoms with Crippen molar-refractivity contribution in [1.82, 2.24) is 4.98 Å². The lowest BCUT2D eigenvalue weighted by Crippen LogP contribution is -2.11. The molecule has 3 aromatic rings. The quantitative estimate of drug-likeness (QED) is 0.544. The molecule has 0 bridgehead atoms. The van der Waals surface area contributed by atoms with Gasteiger partial charge < -0.3 is 10.6 Å². The highest BCUT2D eigenvalue weighted by Gasteiger charge is 2.36. The summed E-state index contributed by atoms with van der Waals surface area (Å²) in [6.45, 7) is 3.72. The number of hydrogen-bond acceptors (Lipinski definition) is 4. The third kappa shape index (κ3) is 3.80. The van der Waals surface area contributed by atoms with Crippen molar-refractivity contribution in [2.45, 2.75) is 20.0 Å². The fraction of sp³-hybridized carbons (Fsp3) is 0.158. The highest BCUT2D eigenvalue weighted by atomic mass is 32.1. The van der Waals surface area contributed by atoms with Crippen LogP contribution in [0.25, 0.3) is 11.3 Å². The predicted octanol–water partition coefficient (Wildman–Crippen LogP) is 5.76. The molecule has 1 heterocycles. The zero-order valence-corrected chi connectivity index (χ0v) is 15.3. The number of aryl methyl sites for hydroxylation is 2. The van der Waals surface area contributed by atoms with Gasteiger partial charge >= 0.3 is 6.18 Å². The molecule has 0 radical (unpaired) electrons. The standard InChI is InChI=1S/C19H16F3N3OS/c1-11-4-3-5-12(2)17(11)25-18-14(23-9-26)7-6-13(19(20,21)22)16(18)15-8-27-10-24-15/h3-10,25H,1-2H3,(H,23,26). The molecular formula is C19H16F3N3OS. The van der Waals surface area contributed by atoms with E-state index in [0.29, 0.717) is 12.1 Å². The van der Waals surface area contributed by atoms with E-state index in [1.54, 1.807) is 5.38 Å². The van der Waals surface area contributed by atoms with Crippen LogP contribution in [0.3, 0.4) is 0 Å². The number of carbonyl (C=O) groups excluding carboxylic acids is 1. The van der Waals surface area contributed by atoms with Gasteiger partial charge in [-0.2, -0.15) is 13.2 Å². The zero-order valence-electron chi connectivity index (χ0n) is 14.5. The maximum Gasteiger partial charge on any atom is 0.417 e. The number of nitrogens with one attached hydrogen (secondary N) is 2. The number of thiazole rings is 1. The van der Waals surface area contributed by atoms with E-state index in [-0.39, 0.29) is 22.6 Å². The molecule has 0 aliphatic carbocycles. The van der Waals surface area contributed by atoms with Gasteiger partial charge in [0.2, 0.25) is 6.41 Å². The number of amides is 1. The second kappa shape index (κ2) is 7.40. The molecule has 0 aliphatic heterocycles. The Morgan fingerprint density at radius 2 is 1.78 bits per heavy atom. The average Bonchev–Trinajstić information content (AvgIpc) is 3.12. The van der Waals surface area contributed by atoms with Gasteiger partial charge in [-0.15, -0.1) is 11.3 Å². The van der Waals surface area contributed by atoms with Crippen molar-refractivity contribution in [3.63, 3.8) is 0 Å². The van der Waals surface area contributed by atoms with Crippen molar-refractivity contribution >= 4 is 34.8 Å². The van der Waals surface area contributed by atoms with Crippen LogP contribution in [-0.2, 0) is 11.0 Å². The van der Waals surface area contributed by atoms with Crippen molar-refractivity contribution in [2.24, 2.45) is 0 Å². The Balaban J connectivity index is 2.30. The van der Waals surface area contributed by atoms with Gasteiger partial charge in [0.25, 0.3) is 0 Å². The predicted molar refractivity (Wildman–Crippen MR) is 101 cm³/mol. The first kappa shape index (κ1) is 18.9. The Bertz CT molecular complexity index is 949. The number of halogens is 3. The smallest absolute Gasteiger partial charge is 0.353 e. The summed E-state index contributed by atoms with van der Waals surface area (Å²) in [5.41, 5.74) is 3.55. The topological polar surface area (TPSA) is 54.0 Å². The molecule has 0 spiro atoms. The molecule has 27 heavy (non-hydrogen) atoms. The Hall–Kier alpha value is -2.87. The summed E-state index contributed by atoms with van der Waals surface area (Å²) in [4.78, 5) is 15.1. The van der Waals surface area contributed by atoms with E-state index in [2.05, 4.69) is 15.6 Å². The van der Waals surface area contributed by atoms with Crippen LogP contribution in [0.15, 0.2) is 41.2 Å². The van der Waals surface area contributed by atoms with Crippen LogP contribution in [0.2, 0.25) is 0 Å². The minimum atomic E-state index is -4.57. The minimum absolute atomic E-state index is 0.0988. The number of rotatable bonds is 5. The first-order valence-electron chi connectivity index (χ1n) is 7.99. The Kier molecular flexibility index (Phi) is 5.18. The molecule has 0 atom stereocenters. The molecule has 1 aromatic heterocycles. The molecule has 1 amide bonds. The van der Waals surface area contributed by atoms with E-state index in [9.17, 15) is 18.0 Å². The Labute approximate surface area is 158 Å². The van der Waals surface area contributed by atoms with Crippen LogP contribution >= 0.6 is 11.3 Å². The van der Waals surface area contributed by atoms with Gasteiger partial charge in [0.15, 0.2) is 0 Å². The number of carbonyl (C=O) groups is 1. The van der Waals surface area contributed by atoms with Gasteiger partial charge in [-0.05, 0) is 37.1 Å². The molecule has 3 rings (SSSR count). The van der Waals surface area contributed by atoms with Gasteiger partial charge in [0.05, 0.1) is 28.1 Å².